The van der Waals surface area contributed by atoms with Gasteiger partial charge in [-0.3, -0.25) is 4.79 Å². The molecule has 3 aliphatic rings. The molecule has 4 rings (SSSR count). The van der Waals surface area contributed by atoms with Crippen LogP contribution in [0.2, 0.25) is 0 Å². The molecule has 2 fully saturated rings. The highest BCUT2D eigenvalue weighted by Crippen LogP contribution is 2.45. The molecule has 0 aliphatic carbocycles. The van der Waals surface area contributed by atoms with Gasteiger partial charge in [0, 0.05) is 11.7 Å². The zero-order valence-electron chi connectivity index (χ0n) is 12.0. The predicted octanol–water partition coefficient (Wildman–Crippen LogP) is 1.68. The molecule has 106 valence electrons. The molecule has 4 heteroatoms. The number of rotatable bonds is 1. The van der Waals surface area contributed by atoms with Gasteiger partial charge in [0.1, 0.15) is 5.75 Å². The number of methoxy groups -OCH3 is 1. The topological polar surface area (TPSA) is 32.8 Å². The predicted molar refractivity (Wildman–Crippen MR) is 77.1 cm³/mol. The van der Waals surface area contributed by atoms with Gasteiger partial charge < -0.3 is 14.5 Å². The van der Waals surface area contributed by atoms with Gasteiger partial charge >= 0.3 is 0 Å². The molecule has 3 aliphatic heterocycles. The fourth-order valence-corrected chi connectivity index (χ4v) is 4.34. The Bertz CT molecular complexity index is 572. The number of likely N-dealkylation sites (tertiary alicyclic amines) is 1. The molecule has 3 unspecified atom stereocenters. The maximum atomic E-state index is 12.8. The fourth-order valence-electron chi connectivity index (χ4n) is 4.34. The highest BCUT2D eigenvalue weighted by molar-refractivity contribution is 6.01. The summed E-state index contributed by atoms with van der Waals surface area (Å²) in [7, 11) is 3.85. The van der Waals surface area contributed by atoms with Crippen LogP contribution in [0.1, 0.15) is 18.4 Å². The number of carbonyl (C=O) groups excluding carboxylic acids is 1. The van der Waals surface area contributed by atoms with Gasteiger partial charge in [0.05, 0.1) is 19.1 Å². The zero-order valence-corrected chi connectivity index (χ0v) is 12.0. The van der Waals surface area contributed by atoms with Gasteiger partial charge in [-0.05, 0) is 56.6 Å². The molecule has 1 aromatic carbocycles. The van der Waals surface area contributed by atoms with Crippen molar-refractivity contribution in [1.29, 1.82) is 0 Å². The highest BCUT2D eigenvalue weighted by atomic mass is 16.5. The minimum Gasteiger partial charge on any atom is -0.497 e. The Kier molecular flexibility index (Phi) is 2.58. The molecule has 0 bridgehead atoms. The second kappa shape index (κ2) is 4.22. The number of likely N-dealkylation sites (N-methyl/N-ethyl adjacent to an activating group) is 1. The van der Waals surface area contributed by atoms with E-state index in [1.54, 1.807) is 7.11 Å². The van der Waals surface area contributed by atoms with Gasteiger partial charge in [0.15, 0.2) is 0 Å². The maximum Gasteiger partial charge on any atom is 0.232 e. The SMILES string of the molecule is COc1ccc2c(c1)CC1C3C(CCCN3C)C(=O)N21. The lowest BCUT2D eigenvalue weighted by molar-refractivity contribution is -0.122. The van der Waals surface area contributed by atoms with Gasteiger partial charge in [-0.15, -0.1) is 0 Å². The van der Waals surface area contributed by atoms with Gasteiger partial charge in [-0.1, -0.05) is 0 Å². The summed E-state index contributed by atoms with van der Waals surface area (Å²) in [5.74, 6) is 1.41. The first-order valence-corrected chi connectivity index (χ1v) is 7.41. The molecule has 3 heterocycles. The monoisotopic (exact) mass is 272 g/mol. The van der Waals surface area contributed by atoms with E-state index in [2.05, 4.69) is 22.9 Å². The molecule has 4 nitrogen and oxygen atoms in total. The summed E-state index contributed by atoms with van der Waals surface area (Å²) in [5.41, 5.74) is 2.35. The summed E-state index contributed by atoms with van der Waals surface area (Å²) in [6.07, 6.45) is 3.15. The number of carbonyl (C=O) groups is 1. The van der Waals surface area contributed by atoms with Crippen LogP contribution in [0.5, 0.6) is 5.75 Å². The summed E-state index contributed by atoms with van der Waals surface area (Å²) in [4.78, 5) is 17.2. The summed E-state index contributed by atoms with van der Waals surface area (Å²) in [5, 5.41) is 0. The van der Waals surface area contributed by atoms with E-state index in [-0.39, 0.29) is 5.92 Å². The first-order valence-electron chi connectivity index (χ1n) is 7.41. The molecule has 0 radical (unpaired) electrons. The van der Waals surface area contributed by atoms with E-state index in [0.717, 1.165) is 37.2 Å². The number of fused-ring (bicyclic) bond motifs is 5. The summed E-state index contributed by atoms with van der Waals surface area (Å²) in [6.45, 7) is 1.11. The van der Waals surface area contributed by atoms with E-state index < -0.39 is 0 Å². The van der Waals surface area contributed by atoms with Crippen LogP contribution < -0.4 is 9.64 Å². The van der Waals surface area contributed by atoms with Crippen molar-refractivity contribution in [3.63, 3.8) is 0 Å². The zero-order chi connectivity index (χ0) is 13.9. The first kappa shape index (κ1) is 12.2. The smallest absolute Gasteiger partial charge is 0.232 e. The quantitative estimate of drug-likeness (QED) is 0.780. The minimum atomic E-state index is 0.203. The maximum absolute atomic E-state index is 12.8. The summed E-state index contributed by atoms with van der Waals surface area (Å²) >= 11 is 0. The molecule has 0 saturated carbocycles. The van der Waals surface area contributed by atoms with Crippen LogP contribution in [-0.4, -0.2) is 43.6 Å². The Labute approximate surface area is 119 Å². The number of piperidine rings is 1. The molecule has 1 aromatic rings. The Balaban J connectivity index is 1.75. The number of hydrogen-bond acceptors (Lipinski definition) is 3. The standard InChI is InChI=1S/C16H20N2O2/c1-17-7-3-4-12-15(17)14-9-10-8-11(20-2)5-6-13(10)18(14)16(12)19/h5-6,8,12,14-15H,3-4,7,9H2,1-2H3. The Hall–Kier alpha value is -1.55. The second-order valence-electron chi connectivity index (χ2n) is 6.19. The van der Waals surface area contributed by atoms with Crippen molar-refractivity contribution in [2.24, 2.45) is 5.92 Å². The molecule has 20 heavy (non-hydrogen) atoms. The van der Waals surface area contributed by atoms with E-state index in [1.165, 1.54) is 5.56 Å². The first-order chi connectivity index (χ1) is 9.70. The minimum absolute atomic E-state index is 0.203. The molecular formula is C16H20N2O2. The van der Waals surface area contributed by atoms with Crippen LogP contribution in [0.25, 0.3) is 0 Å². The lowest BCUT2D eigenvalue weighted by Gasteiger charge is -2.35. The highest BCUT2D eigenvalue weighted by Gasteiger charge is 2.54. The van der Waals surface area contributed by atoms with Crippen LogP contribution >= 0.6 is 0 Å². The molecule has 1 amide bonds. The Morgan fingerprint density at radius 2 is 2.20 bits per heavy atom. The molecule has 0 spiro atoms. The average molecular weight is 272 g/mol. The summed E-state index contributed by atoms with van der Waals surface area (Å²) in [6, 6.07) is 6.79. The van der Waals surface area contributed by atoms with Crippen molar-refractivity contribution >= 4 is 11.6 Å². The van der Waals surface area contributed by atoms with E-state index in [4.69, 9.17) is 4.74 Å². The Morgan fingerprint density at radius 3 is 3.00 bits per heavy atom. The molecule has 0 N–H and O–H groups in total. The molecule has 2 saturated heterocycles. The second-order valence-corrected chi connectivity index (χ2v) is 6.19. The number of ether oxygens (including phenoxy) is 1. The summed E-state index contributed by atoms with van der Waals surface area (Å²) < 4.78 is 5.30. The number of amides is 1. The van der Waals surface area contributed by atoms with Gasteiger partial charge in [0.2, 0.25) is 5.91 Å². The normalized spacial score (nSPS) is 32.0. The third kappa shape index (κ3) is 1.48. The van der Waals surface area contributed by atoms with Crippen LogP contribution in [0, 0.1) is 5.92 Å². The third-order valence-corrected chi connectivity index (χ3v) is 5.20. The Morgan fingerprint density at radius 1 is 1.35 bits per heavy atom. The van der Waals surface area contributed by atoms with Crippen molar-refractivity contribution in [3.05, 3.63) is 23.8 Å². The molecule has 0 aromatic heterocycles. The van der Waals surface area contributed by atoms with E-state index in [1.807, 2.05) is 12.1 Å². The van der Waals surface area contributed by atoms with Crippen molar-refractivity contribution in [1.82, 2.24) is 4.90 Å². The largest absolute Gasteiger partial charge is 0.497 e. The van der Waals surface area contributed by atoms with E-state index in [9.17, 15) is 4.79 Å². The van der Waals surface area contributed by atoms with Crippen molar-refractivity contribution in [2.75, 3.05) is 25.6 Å². The van der Waals surface area contributed by atoms with E-state index >= 15 is 0 Å². The van der Waals surface area contributed by atoms with Crippen LogP contribution in [-0.2, 0) is 11.2 Å². The number of hydrogen-bond donors (Lipinski definition) is 0. The number of nitrogens with zero attached hydrogens (tertiary/aromatic N) is 2. The van der Waals surface area contributed by atoms with Crippen LogP contribution in [0.15, 0.2) is 18.2 Å². The van der Waals surface area contributed by atoms with Crippen LogP contribution in [0.4, 0.5) is 5.69 Å². The fraction of sp³-hybridized carbons (Fsp3) is 0.562. The molecular weight excluding hydrogens is 252 g/mol. The van der Waals surface area contributed by atoms with Crippen molar-refractivity contribution in [3.8, 4) is 5.75 Å². The lowest BCUT2D eigenvalue weighted by atomic mass is 9.87. The third-order valence-electron chi connectivity index (χ3n) is 5.20. The molecule has 3 atom stereocenters. The average Bonchev–Trinajstić information content (AvgIpc) is 2.95. The van der Waals surface area contributed by atoms with E-state index in [0.29, 0.717) is 18.0 Å². The van der Waals surface area contributed by atoms with Gasteiger partial charge in [0.25, 0.3) is 0 Å². The van der Waals surface area contributed by atoms with Gasteiger partial charge in [-0.25, -0.2) is 0 Å². The van der Waals surface area contributed by atoms with Gasteiger partial charge in [-0.2, -0.15) is 0 Å². The number of anilines is 1. The van der Waals surface area contributed by atoms with Crippen LogP contribution in [0.3, 0.4) is 0 Å². The van der Waals surface area contributed by atoms with Crippen molar-refractivity contribution < 1.29 is 9.53 Å². The lowest BCUT2D eigenvalue weighted by Crippen LogP contribution is -2.47. The number of benzene rings is 1. The van der Waals surface area contributed by atoms with Crippen molar-refractivity contribution in [2.45, 2.75) is 31.3 Å².